The number of aryl methyl sites for hydroxylation is 1. The molecule has 0 amide bonds. The Balaban J connectivity index is 1.34. The molecular weight excluding hydrogens is 330 g/mol. The topological polar surface area (TPSA) is 67.4 Å². The minimum absolute atomic E-state index is 0.284. The Labute approximate surface area is 151 Å². The summed E-state index contributed by atoms with van der Waals surface area (Å²) in [5.41, 5.74) is 2.54. The molecule has 136 valence electrons. The second kappa shape index (κ2) is 7.39. The van der Waals surface area contributed by atoms with Crippen molar-refractivity contribution >= 4 is 11.0 Å². The van der Waals surface area contributed by atoms with Gasteiger partial charge in [-0.1, -0.05) is 12.1 Å². The summed E-state index contributed by atoms with van der Waals surface area (Å²) in [5.74, 6) is 0. The van der Waals surface area contributed by atoms with Crippen LogP contribution in [0.2, 0.25) is 0 Å². The quantitative estimate of drug-likeness (QED) is 0.648. The van der Waals surface area contributed by atoms with Crippen LogP contribution >= 0.6 is 0 Å². The molecule has 1 aromatic carbocycles. The van der Waals surface area contributed by atoms with E-state index in [9.17, 15) is 4.79 Å². The van der Waals surface area contributed by atoms with Gasteiger partial charge in [0.15, 0.2) is 0 Å². The van der Waals surface area contributed by atoms with Gasteiger partial charge in [0.2, 0.25) is 0 Å². The number of rotatable bonds is 5. The highest BCUT2D eigenvalue weighted by molar-refractivity contribution is 5.80. The van der Waals surface area contributed by atoms with Gasteiger partial charge in [-0.25, -0.2) is 9.78 Å². The van der Waals surface area contributed by atoms with Crippen LogP contribution < -0.4 is 5.63 Å². The van der Waals surface area contributed by atoms with Gasteiger partial charge in [0.25, 0.3) is 0 Å². The molecule has 1 aliphatic heterocycles. The van der Waals surface area contributed by atoms with Crippen LogP contribution in [0.3, 0.4) is 0 Å². The lowest BCUT2D eigenvalue weighted by atomic mass is 10.1. The third-order valence-corrected chi connectivity index (χ3v) is 5.00. The fourth-order valence-electron chi connectivity index (χ4n) is 3.49. The van der Waals surface area contributed by atoms with Crippen molar-refractivity contribution in [2.24, 2.45) is 0 Å². The molecule has 3 heterocycles. The molecule has 0 atom stereocenters. The lowest BCUT2D eigenvalue weighted by Gasteiger charge is -2.34. The maximum Gasteiger partial charge on any atom is 0.336 e. The van der Waals surface area contributed by atoms with Crippen molar-refractivity contribution in [3.63, 3.8) is 0 Å². The molecule has 0 radical (unpaired) electrons. The summed E-state index contributed by atoms with van der Waals surface area (Å²) in [7, 11) is 0. The maximum absolute atomic E-state index is 11.6. The van der Waals surface area contributed by atoms with Gasteiger partial charge in [0, 0.05) is 50.7 Å². The first kappa shape index (κ1) is 16.9. The summed E-state index contributed by atoms with van der Waals surface area (Å²) in [6.45, 7) is 8.87. The molecule has 1 saturated heterocycles. The van der Waals surface area contributed by atoms with E-state index in [2.05, 4.69) is 32.0 Å². The van der Waals surface area contributed by atoms with Crippen LogP contribution in [-0.2, 0) is 13.1 Å². The van der Waals surface area contributed by atoms with Gasteiger partial charge in [-0.15, -0.1) is 0 Å². The molecule has 7 nitrogen and oxygen atoms in total. The largest absolute Gasteiger partial charge is 0.423 e. The van der Waals surface area contributed by atoms with Crippen LogP contribution in [0.4, 0.5) is 0 Å². The van der Waals surface area contributed by atoms with E-state index < -0.39 is 0 Å². The van der Waals surface area contributed by atoms with Gasteiger partial charge < -0.3 is 4.42 Å². The molecule has 0 N–H and O–H groups in total. The minimum Gasteiger partial charge on any atom is -0.423 e. The predicted molar refractivity (Wildman–Crippen MR) is 99.0 cm³/mol. The van der Waals surface area contributed by atoms with E-state index in [4.69, 9.17) is 4.42 Å². The summed E-state index contributed by atoms with van der Waals surface area (Å²) in [6, 6.07) is 7.73. The smallest absolute Gasteiger partial charge is 0.336 e. The van der Waals surface area contributed by atoms with Crippen molar-refractivity contribution in [1.82, 2.24) is 24.6 Å². The summed E-state index contributed by atoms with van der Waals surface area (Å²) in [5, 5.41) is 5.15. The number of benzene rings is 1. The summed E-state index contributed by atoms with van der Waals surface area (Å²) in [4.78, 5) is 20.5. The first-order valence-corrected chi connectivity index (χ1v) is 8.98. The fourth-order valence-corrected chi connectivity index (χ4v) is 3.49. The van der Waals surface area contributed by atoms with E-state index in [1.807, 2.05) is 17.7 Å². The molecule has 0 unspecified atom stereocenters. The Morgan fingerprint density at radius 1 is 1.08 bits per heavy atom. The number of piperazine rings is 1. The Hall–Kier alpha value is -2.51. The van der Waals surface area contributed by atoms with Crippen LogP contribution in [-0.4, -0.2) is 57.3 Å². The second-order valence-corrected chi connectivity index (χ2v) is 6.86. The second-order valence-electron chi connectivity index (χ2n) is 6.86. The van der Waals surface area contributed by atoms with Crippen molar-refractivity contribution in [2.45, 2.75) is 20.0 Å². The van der Waals surface area contributed by atoms with Crippen molar-refractivity contribution in [3.8, 4) is 0 Å². The molecule has 26 heavy (non-hydrogen) atoms. The highest BCUT2D eigenvalue weighted by Crippen LogP contribution is 2.19. The molecule has 3 aromatic rings. The first-order valence-electron chi connectivity index (χ1n) is 8.98. The zero-order valence-electron chi connectivity index (χ0n) is 15.0. The van der Waals surface area contributed by atoms with E-state index in [1.165, 1.54) is 5.56 Å². The van der Waals surface area contributed by atoms with E-state index >= 15 is 0 Å². The SMILES string of the molecule is Cc1cc(=O)oc2cc(CN3CCN(CCn4cncn4)CC3)ccc12. The van der Waals surface area contributed by atoms with Gasteiger partial charge in [0.1, 0.15) is 18.2 Å². The molecule has 1 fully saturated rings. The maximum atomic E-state index is 11.6. The lowest BCUT2D eigenvalue weighted by molar-refractivity contribution is 0.123. The number of aromatic nitrogens is 3. The van der Waals surface area contributed by atoms with Crippen LogP contribution in [0, 0.1) is 6.92 Å². The number of hydrogen-bond donors (Lipinski definition) is 0. The third kappa shape index (κ3) is 3.84. The highest BCUT2D eigenvalue weighted by Gasteiger charge is 2.17. The van der Waals surface area contributed by atoms with Gasteiger partial charge in [-0.2, -0.15) is 5.10 Å². The van der Waals surface area contributed by atoms with E-state index in [0.29, 0.717) is 5.58 Å². The fraction of sp³-hybridized carbons (Fsp3) is 0.421. The number of nitrogens with zero attached hydrogens (tertiary/aromatic N) is 5. The molecule has 4 rings (SSSR count). The molecule has 7 heteroatoms. The average Bonchev–Trinajstić information content (AvgIpc) is 3.14. The average molecular weight is 353 g/mol. The Bertz CT molecular complexity index is 927. The predicted octanol–water partition coefficient (Wildman–Crippen LogP) is 1.51. The van der Waals surface area contributed by atoms with Crippen LogP contribution in [0.1, 0.15) is 11.1 Å². The summed E-state index contributed by atoms with van der Waals surface area (Å²) < 4.78 is 7.23. The van der Waals surface area contributed by atoms with Crippen molar-refractivity contribution in [3.05, 3.63) is 58.5 Å². The molecule has 2 aromatic heterocycles. The Morgan fingerprint density at radius 3 is 2.65 bits per heavy atom. The zero-order valence-corrected chi connectivity index (χ0v) is 15.0. The summed E-state index contributed by atoms with van der Waals surface area (Å²) in [6.07, 6.45) is 3.33. The first-order chi connectivity index (χ1) is 12.7. The van der Waals surface area contributed by atoms with Crippen LogP contribution in [0.15, 0.2) is 46.1 Å². The van der Waals surface area contributed by atoms with E-state index in [0.717, 1.165) is 56.8 Å². The molecule has 1 aliphatic rings. The van der Waals surface area contributed by atoms with E-state index in [1.54, 1.807) is 18.7 Å². The Kier molecular flexibility index (Phi) is 4.81. The minimum atomic E-state index is -0.284. The van der Waals surface area contributed by atoms with Gasteiger partial charge in [-0.05, 0) is 24.1 Å². The highest BCUT2D eigenvalue weighted by atomic mass is 16.4. The van der Waals surface area contributed by atoms with E-state index in [-0.39, 0.29) is 5.63 Å². The van der Waals surface area contributed by atoms with Gasteiger partial charge >= 0.3 is 5.63 Å². The Morgan fingerprint density at radius 2 is 1.88 bits per heavy atom. The van der Waals surface area contributed by atoms with Gasteiger partial charge in [-0.3, -0.25) is 14.5 Å². The molecule has 0 aliphatic carbocycles. The third-order valence-electron chi connectivity index (χ3n) is 5.00. The van der Waals surface area contributed by atoms with Gasteiger partial charge in [0.05, 0.1) is 6.54 Å². The molecule has 0 bridgehead atoms. The molecule has 0 saturated carbocycles. The van der Waals surface area contributed by atoms with Crippen LogP contribution in [0.5, 0.6) is 0 Å². The monoisotopic (exact) mass is 353 g/mol. The van der Waals surface area contributed by atoms with Crippen LogP contribution in [0.25, 0.3) is 11.0 Å². The van der Waals surface area contributed by atoms with Crippen molar-refractivity contribution in [2.75, 3.05) is 32.7 Å². The van der Waals surface area contributed by atoms with Crippen molar-refractivity contribution in [1.29, 1.82) is 0 Å². The lowest BCUT2D eigenvalue weighted by Crippen LogP contribution is -2.46. The zero-order chi connectivity index (χ0) is 17.9. The summed E-state index contributed by atoms with van der Waals surface area (Å²) >= 11 is 0. The van der Waals surface area contributed by atoms with Crippen molar-refractivity contribution < 1.29 is 4.42 Å². The molecule has 0 spiro atoms. The number of hydrogen-bond acceptors (Lipinski definition) is 6. The standard InChI is InChI=1S/C19H23N5O2/c1-15-10-19(25)26-18-11-16(2-3-17(15)18)12-23-6-4-22(5-7-23)8-9-24-14-20-13-21-24/h2-3,10-11,13-14H,4-9,12H2,1H3. The molecular formula is C19H23N5O2. The number of fused-ring (bicyclic) bond motifs is 1. The normalized spacial score (nSPS) is 16.3.